The van der Waals surface area contributed by atoms with Crippen LogP contribution in [0.3, 0.4) is 0 Å². The highest BCUT2D eigenvalue weighted by molar-refractivity contribution is 6.18. The molecule has 4 N–H and O–H groups in total. The van der Waals surface area contributed by atoms with Crippen LogP contribution in [-0.4, -0.2) is 55.1 Å². The van der Waals surface area contributed by atoms with Crippen molar-refractivity contribution in [2.45, 2.75) is 51.1 Å². The van der Waals surface area contributed by atoms with Crippen LogP contribution in [0.1, 0.15) is 44.7 Å². The molecule has 0 spiro atoms. The smallest absolute Gasteiger partial charge is 0.212 e. The average Bonchev–Trinajstić information content (AvgIpc) is 3.62. The van der Waals surface area contributed by atoms with Crippen LogP contribution >= 0.6 is 0 Å². The second-order valence-corrected chi connectivity index (χ2v) is 11.5. The summed E-state index contributed by atoms with van der Waals surface area (Å²) in [5, 5.41) is 20.0. The first-order valence-corrected chi connectivity index (χ1v) is 12.9. The van der Waals surface area contributed by atoms with Crippen molar-refractivity contribution < 1.29 is 9.13 Å². The lowest BCUT2D eigenvalue weighted by Crippen LogP contribution is -2.54. The topological polar surface area (TPSA) is 110 Å². The van der Waals surface area contributed by atoms with Crippen LogP contribution in [0, 0.1) is 22.7 Å². The van der Waals surface area contributed by atoms with Gasteiger partial charge >= 0.3 is 0 Å². The molecule has 1 aliphatic carbocycles. The van der Waals surface area contributed by atoms with Gasteiger partial charge in [-0.25, -0.2) is 15.4 Å². The molecule has 3 aromatic rings. The molecule has 0 radical (unpaired) electrons. The molecule has 1 aliphatic heterocycles. The highest BCUT2D eigenvalue weighted by atomic mass is 19.1. The number of nitrogens with zero attached hydrogens (tertiary/aromatic N) is 4. The predicted octanol–water partition coefficient (Wildman–Crippen LogP) is 2.86. The van der Waals surface area contributed by atoms with Crippen molar-refractivity contribution in [3.8, 4) is 11.8 Å². The van der Waals surface area contributed by atoms with Crippen LogP contribution in [0.15, 0.2) is 36.7 Å². The normalized spacial score (nSPS) is 19.6. The minimum Gasteiger partial charge on any atom is -0.494 e. The molecule has 11 heteroatoms. The number of nitrogens with one attached hydrogen (secondary N) is 4. The largest absolute Gasteiger partial charge is 0.494 e. The summed E-state index contributed by atoms with van der Waals surface area (Å²) in [5.74, 6) is 0.0650. The Morgan fingerprint density at radius 1 is 1.24 bits per heavy atom. The van der Waals surface area contributed by atoms with E-state index in [2.05, 4.69) is 71.3 Å². The van der Waals surface area contributed by atoms with Gasteiger partial charge in [0.2, 0.25) is 5.95 Å². The van der Waals surface area contributed by atoms with E-state index in [0.29, 0.717) is 29.4 Å². The molecule has 1 saturated heterocycles. The van der Waals surface area contributed by atoms with E-state index in [1.54, 1.807) is 25.6 Å². The molecular formula is C27H34BFN8O. The van der Waals surface area contributed by atoms with Gasteiger partial charge in [0.15, 0.2) is 0 Å². The molecule has 5 rings (SSSR count). The molecule has 2 aliphatic rings. The first-order valence-electron chi connectivity index (χ1n) is 12.9. The molecule has 0 bridgehead atoms. The van der Waals surface area contributed by atoms with E-state index in [4.69, 9.17) is 4.74 Å². The number of aromatic nitrogens is 2. The number of methoxy groups -OCH3 is 1. The van der Waals surface area contributed by atoms with Crippen LogP contribution in [0.25, 0.3) is 10.9 Å². The van der Waals surface area contributed by atoms with Crippen molar-refractivity contribution in [2.24, 2.45) is 5.41 Å². The molecule has 0 amide bonds. The molecule has 1 saturated carbocycles. The van der Waals surface area contributed by atoms with Gasteiger partial charge in [-0.15, -0.1) is 0 Å². The van der Waals surface area contributed by atoms with Crippen LogP contribution < -0.4 is 26.3 Å². The third-order valence-corrected chi connectivity index (χ3v) is 7.25. The fourth-order valence-corrected chi connectivity index (χ4v) is 4.87. The minimum absolute atomic E-state index is 0.00496. The molecule has 1 aromatic carbocycles. The lowest BCUT2D eigenvalue weighted by Gasteiger charge is -2.38. The molecule has 3 heterocycles. The second kappa shape index (κ2) is 10.0. The standard InChI is InChI=1S/C27H34BFN8O/c1-26(2,3)15-33-24-16(11-30)12-32-25-20(24)9-18(10-21(25)38-4)34-27(28,17-5-8-23(29)31-13-17)22-14-37(36-35-22)19-6-7-19/h5,8-10,12-13,19,22,34-36H,6-7,14-15,28H2,1-4H3,(H,32,33). The average molecular weight is 516 g/mol. The van der Waals surface area contributed by atoms with E-state index >= 15 is 0 Å². The Kier molecular flexibility index (Phi) is 6.90. The summed E-state index contributed by atoms with van der Waals surface area (Å²) in [7, 11) is 3.69. The zero-order chi connectivity index (χ0) is 27.1. The molecule has 2 fully saturated rings. The van der Waals surface area contributed by atoms with Gasteiger partial charge in [-0.2, -0.15) is 15.2 Å². The van der Waals surface area contributed by atoms with Crippen molar-refractivity contribution in [3.63, 3.8) is 0 Å². The number of hydrazine groups is 2. The Hall–Kier alpha value is -3.46. The molecule has 2 atom stereocenters. The summed E-state index contributed by atoms with van der Waals surface area (Å²) in [6, 6.07) is 9.79. The van der Waals surface area contributed by atoms with Gasteiger partial charge in [0.1, 0.15) is 25.2 Å². The maximum atomic E-state index is 13.8. The number of rotatable bonds is 8. The summed E-state index contributed by atoms with van der Waals surface area (Å²) in [5.41, 5.74) is 9.55. The van der Waals surface area contributed by atoms with Gasteiger partial charge in [0.05, 0.1) is 24.4 Å². The maximum absolute atomic E-state index is 13.8. The van der Waals surface area contributed by atoms with Crippen LogP contribution in [0.2, 0.25) is 0 Å². The summed E-state index contributed by atoms with van der Waals surface area (Å²) in [6.45, 7) is 7.85. The quantitative estimate of drug-likeness (QED) is 0.265. The SMILES string of the molecule is BC(Nc1cc(OC)c2ncc(C#N)c(NCC(C)(C)C)c2c1)(c1ccc(F)nc1)C1CN(C2CC2)NN1. The maximum Gasteiger partial charge on any atom is 0.212 e. The number of ether oxygens (including phenoxy) is 1. The summed E-state index contributed by atoms with van der Waals surface area (Å²) in [4.78, 5) is 8.49. The van der Waals surface area contributed by atoms with E-state index in [0.717, 1.165) is 28.9 Å². The number of nitriles is 1. The van der Waals surface area contributed by atoms with E-state index in [-0.39, 0.29) is 11.5 Å². The first kappa shape index (κ1) is 26.2. The molecule has 198 valence electrons. The lowest BCUT2D eigenvalue weighted by molar-refractivity contribution is 0.222. The Balaban J connectivity index is 1.59. The van der Waals surface area contributed by atoms with Gasteiger partial charge in [0.25, 0.3) is 0 Å². The summed E-state index contributed by atoms with van der Waals surface area (Å²) < 4.78 is 19.5. The fourth-order valence-electron chi connectivity index (χ4n) is 4.87. The van der Waals surface area contributed by atoms with E-state index in [1.165, 1.54) is 18.9 Å². The van der Waals surface area contributed by atoms with E-state index in [1.807, 2.05) is 12.1 Å². The van der Waals surface area contributed by atoms with E-state index < -0.39 is 11.4 Å². The number of pyridine rings is 2. The number of hydrogen-bond donors (Lipinski definition) is 4. The Morgan fingerprint density at radius 3 is 2.66 bits per heavy atom. The Morgan fingerprint density at radius 2 is 2.03 bits per heavy atom. The van der Waals surface area contributed by atoms with Crippen molar-refractivity contribution in [1.82, 2.24) is 25.9 Å². The number of fused-ring (bicyclic) bond motifs is 1. The van der Waals surface area contributed by atoms with Crippen molar-refractivity contribution in [3.05, 3.63) is 53.7 Å². The highest BCUT2D eigenvalue weighted by Gasteiger charge is 2.44. The number of benzene rings is 1. The number of halogens is 1. The lowest BCUT2D eigenvalue weighted by atomic mass is 9.67. The van der Waals surface area contributed by atoms with Crippen molar-refractivity contribution in [1.29, 1.82) is 5.26 Å². The highest BCUT2D eigenvalue weighted by Crippen LogP contribution is 2.38. The summed E-state index contributed by atoms with van der Waals surface area (Å²) >= 11 is 0. The predicted molar refractivity (Wildman–Crippen MR) is 149 cm³/mol. The Bertz CT molecular complexity index is 1370. The number of anilines is 2. The molecule has 9 nitrogen and oxygen atoms in total. The van der Waals surface area contributed by atoms with Crippen molar-refractivity contribution in [2.75, 3.05) is 30.8 Å². The summed E-state index contributed by atoms with van der Waals surface area (Å²) in [6.07, 6.45) is 5.50. The monoisotopic (exact) mass is 516 g/mol. The molecular weight excluding hydrogens is 482 g/mol. The van der Waals surface area contributed by atoms with Crippen LogP contribution in [0.4, 0.5) is 15.8 Å². The first-order chi connectivity index (χ1) is 18.1. The third kappa shape index (κ3) is 5.25. The molecule has 2 unspecified atom stereocenters. The van der Waals surface area contributed by atoms with Crippen LogP contribution in [0.5, 0.6) is 5.75 Å². The second-order valence-electron chi connectivity index (χ2n) is 11.5. The van der Waals surface area contributed by atoms with E-state index in [9.17, 15) is 9.65 Å². The van der Waals surface area contributed by atoms with Gasteiger partial charge in [-0.05, 0) is 36.0 Å². The molecule has 38 heavy (non-hydrogen) atoms. The minimum atomic E-state index is -0.671. The van der Waals surface area contributed by atoms with Gasteiger partial charge in [-0.3, -0.25) is 4.98 Å². The fraction of sp³-hybridized carbons (Fsp3) is 0.444. The Labute approximate surface area is 223 Å². The van der Waals surface area contributed by atoms with Gasteiger partial charge < -0.3 is 15.4 Å². The van der Waals surface area contributed by atoms with Crippen LogP contribution in [-0.2, 0) is 5.44 Å². The zero-order valence-corrected chi connectivity index (χ0v) is 22.5. The van der Waals surface area contributed by atoms with Crippen molar-refractivity contribution >= 4 is 30.1 Å². The zero-order valence-electron chi connectivity index (χ0n) is 22.5. The van der Waals surface area contributed by atoms with Gasteiger partial charge in [-0.1, -0.05) is 26.8 Å². The van der Waals surface area contributed by atoms with Gasteiger partial charge in [0, 0.05) is 54.1 Å². The number of hydrogen-bond acceptors (Lipinski definition) is 9. The third-order valence-electron chi connectivity index (χ3n) is 7.25. The molecule has 2 aromatic heterocycles.